The average molecular weight is 258 g/mol. The Morgan fingerprint density at radius 2 is 2.11 bits per heavy atom. The van der Waals surface area contributed by atoms with Gasteiger partial charge in [0.15, 0.2) is 6.29 Å². The molecule has 0 spiro atoms. The summed E-state index contributed by atoms with van der Waals surface area (Å²) >= 11 is 0. The molecule has 0 fully saturated rings. The van der Waals surface area contributed by atoms with E-state index in [1.807, 2.05) is 0 Å². The van der Waals surface area contributed by atoms with Crippen molar-refractivity contribution in [3.05, 3.63) is 59.0 Å². The van der Waals surface area contributed by atoms with Gasteiger partial charge in [-0.15, -0.1) is 0 Å². The molecule has 0 aliphatic rings. The highest BCUT2D eigenvalue weighted by atomic mass is 19.1. The van der Waals surface area contributed by atoms with Gasteiger partial charge < -0.3 is 5.32 Å². The van der Waals surface area contributed by atoms with E-state index >= 15 is 0 Å². The highest BCUT2D eigenvalue weighted by Crippen LogP contribution is 2.12. The molecule has 1 heterocycles. The number of aldehydes is 1. The second-order valence-electron chi connectivity index (χ2n) is 4.01. The first-order chi connectivity index (χ1) is 9.10. The van der Waals surface area contributed by atoms with Gasteiger partial charge in [0.2, 0.25) is 0 Å². The number of hydrogen-bond donors (Lipinski definition) is 1. The molecule has 5 heteroatoms. The predicted octanol–water partition coefficient (Wildman–Crippen LogP) is 2.59. The summed E-state index contributed by atoms with van der Waals surface area (Å²) in [6, 6.07) is 7.01. The molecule has 2 aromatic rings. The van der Waals surface area contributed by atoms with Crippen molar-refractivity contribution in [3.8, 4) is 0 Å². The highest BCUT2D eigenvalue weighted by molar-refractivity contribution is 6.04. The van der Waals surface area contributed by atoms with E-state index in [2.05, 4.69) is 10.3 Å². The minimum atomic E-state index is -0.387. The zero-order chi connectivity index (χ0) is 13.8. The number of hydrogen-bond acceptors (Lipinski definition) is 3. The van der Waals surface area contributed by atoms with Gasteiger partial charge in [0.05, 0.1) is 0 Å². The second kappa shape index (κ2) is 5.39. The number of pyridine rings is 1. The molecule has 1 aromatic carbocycles. The molecule has 0 aliphatic carbocycles. The van der Waals surface area contributed by atoms with Gasteiger partial charge in [-0.3, -0.25) is 9.59 Å². The summed E-state index contributed by atoms with van der Waals surface area (Å²) in [5.41, 5.74) is 1.35. The largest absolute Gasteiger partial charge is 0.307 e. The van der Waals surface area contributed by atoms with Crippen LogP contribution in [0.25, 0.3) is 0 Å². The highest BCUT2D eigenvalue weighted by Gasteiger charge is 2.10. The summed E-state index contributed by atoms with van der Waals surface area (Å²) in [6.45, 7) is 1.65. The number of halogens is 1. The molecule has 1 N–H and O–H groups in total. The summed E-state index contributed by atoms with van der Waals surface area (Å²) in [6.07, 6.45) is 2.03. The lowest BCUT2D eigenvalue weighted by atomic mass is 10.1. The molecular formula is C14H11FN2O2. The van der Waals surface area contributed by atoms with E-state index in [-0.39, 0.29) is 11.7 Å². The predicted molar refractivity (Wildman–Crippen MR) is 68.7 cm³/mol. The molecule has 2 rings (SSSR count). The molecule has 0 bridgehead atoms. The normalized spacial score (nSPS) is 10.0. The Morgan fingerprint density at radius 3 is 2.68 bits per heavy atom. The van der Waals surface area contributed by atoms with Crippen LogP contribution in [0, 0.1) is 12.7 Å². The third-order valence-corrected chi connectivity index (χ3v) is 2.60. The summed E-state index contributed by atoms with van der Waals surface area (Å²) in [7, 11) is 0. The average Bonchev–Trinajstić information content (AvgIpc) is 2.39. The Bertz CT molecular complexity index is 624. The van der Waals surface area contributed by atoms with E-state index in [0.717, 1.165) is 0 Å². The van der Waals surface area contributed by atoms with E-state index < -0.39 is 0 Å². The molecule has 1 amide bonds. The van der Waals surface area contributed by atoms with Crippen LogP contribution in [-0.4, -0.2) is 17.2 Å². The number of carbonyl (C=O) groups is 2. The smallest absolute Gasteiger partial charge is 0.257 e. The summed E-state index contributed by atoms with van der Waals surface area (Å²) in [5.74, 6) is -0.425. The maximum atomic E-state index is 12.9. The number of amides is 1. The van der Waals surface area contributed by atoms with Crippen molar-refractivity contribution < 1.29 is 14.0 Å². The molecule has 0 atom stereocenters. The van der Waals surface area contributed by atoms with Gasteiger partial charge in [0, 0.05) is 17.3 Å². The molecule has 0 saturated heterocycles. The lowest BCUT2D eigenvalue weighted by Gasteiger charge is -2.07. The maximum absolute atomic E-state index is 12.9. The monoisotopic (exact) mass is 258 g/mol. The third-order valence-electron chi connectivity index (χ3n) is 2.60. The summed E-state index contributed by atoms with van der Waals surface area (Å²) in [4.78, 5) is 26.4. The second-order valence-corrected chi connectivity index (χ2v) is 4.01. The first kappa shape index (κ1) is 12.9. The fourth-order valence-corrected chi connectivity index (χ4v) is 1.61. The number of benzene rings is 1. The molecule has 19 heavy (non-hydrogen) atoms. The van der Waals surface area contributed by atoms with Gasteiger partial charge in [-0.2, -0.15) is 0 Å². The molecule has 1 aromatic heterocycles. The maximum Gasteiger partial charge on any atom is 0.257 e. The minimum absolute atomic E-state index is 0.333. The van der Waals surface area contributed by atoms with Gasteiger partial charge in [-0.05, 0) is 42.8 Å². The molecule has 0 aliphatic heterocycles. The number of rotatable bonds is 3. The topological polar surface area (TPSA) is 59.1 Å². The number of aryl methyl sites for hydroxylation is 1. The Hall–Kier alpha value is -2.56. The van der Waals surface area contributed by atoms with Crippen LogP contribution in [0.1, 0.15) is 26.3 Å². The van der Waals surface area contributed by atoms with Crippen molar-refractivity contribution >= 4 is 18.0 Å². The number of carbonyl (C=O) groups excluding carboxylic acids is 2. The standard InChI is InChI=1S/C14H11FN2O2/c1-9-6-11(15)3-4-12(9)14(19)17-13-5-2-10(8-18)7-16-13/h2-8H,1H3,(H,16,17,19). The Kier molecular flexibility index (Phi) is 3.66. The van der Waals surface area contributed by atoms with Crippen LogP contribution in [0.3, 0.4) is 0 Å². The van der Waals surface area contributed by atoms with Crippen molar-refractivity contribution in [2.45, 2.75) is 6.92 Å². The van der Waals surface area contributed by atoms with Crippen LogP contribution in [-0.2, 0) is 0 Å². The number of anilines is 1. The van der Waals surface area contributed by atoms with Crippen molar-refractivity contribution in [2.24, 2.45) is 0 Å². The molecule has 0 unspecified atom stereocenters. The van der Waals surface area contributed by atoms with Crippen LogP contribution in [0.2, 0.25) is 0 Å². The van der Waals surface area contributed by atoms with Crippen molar-refractivity contribution in [2.75, 3.05) is 5.32 Å². The minimum Gasteiger partial charge on any atom is -0.307 e. The van der Waals surface area contributed by atoms with E-state index in [4.69, 9.17) is 0 Å². The summed E-state index contributed by atoms with van der Waals surface area (Å²) < 4.78 is 12.9. The Morgan fingerprint density at radius 1 is 1.32 bits per heavy atom. The van der Waals surface area contributed by atoms with Gasteiger partial charge >= 0.3 is 0 Å². The molecule has 4 nitrogen and oxygen atoms in total. The lowest BCUT2D eigenvalue weighted by Crippen LogP contribution is -2.14. The van der Waals surface area contributed by atoms with Crippen LogP contribution < -0.4 is 5.32 Å². The van der Waals surface area contributed by atoms with E-state index in [9.17, 15) is 14.0 Å². The van der Waals surface area contributed by atoms with Gasteiger partial charge in [0.1, 0.15) is 11.6 Å². The van der Waals surface area contributed by atoms with Crippen molar-refractivity contribution in [1.29, 1.82) is 0 Å². The lowest BCUT2D eigenvalue weighted by molar-refractivity contribution is 0.102. The third kappa shape index (κ3) is 3.01. The molecule has 96 valence electrons. The quantitative estimate of drug-likeness (QED) is 0.861. The summed E-state index contributed by atoms with van der Waals surface area (Å²) in [5, 5.41) is 2.58. The van der Waals surface area contributed by atoms with Gasteiger partial charge in [-0.1, -0.05) is 0 Å². The van der Waals surface area contributed by atoms with E-state index in [0.29, 0.717) is 28.8 Å². The SMILES string of the molecule is Cc1cc(F)ccc1C(=O)Nc1ccc(C=O)cn1. The number of aromatic nitrogens is 1. The number of nitrogens with one attached hydrogen (secondary N) is 1. The van der Waals surface area contributed by atoms with E-state index in [1.165, 1.54) is 30.5 Å². The molecular weight excluding hydrogens is 247 g/mol. The molecule has 0 saturated carbocycles. The molecule has 0 radical (unpaired) electrons. The van der Waals surface area contributed by atoms with Gasteiger partial charge in [0.25, 0.3) is 5.91 Å². The van der Waals surface area contributed by atoms with Gasteiger partial charge in [-0.25, -0.2) is 9.37 Å². The Balaban J connectivity index is 2.18. The first-order valence-electron chi connectivity index (χ1n) is 5.59. The zero-order valence-corrected chi connectivity index (χ0v) is 10.2. The first-order valence-corrected chi connectivity index (χ1v) is 5.59. The van der Waals surface area contributed by atoms with Crippen molar-refractivity contribution in [1.82, 2.24) is 4.98 Å². The van der Waals surface area contributed by atoms with E-state index in [1.54, 1.807) is 13.0 Å². The fraction of sp³-hybridized carbons (Fsp3) is 0.0714. The van der Waals surface area contributed by atoms with Crippen molar-refractivity contribution in [3.63, 3.8) is 0 Å². The van der Waals surface area contributed by atoms with Crippen LogP contribution >= 0.6 is 0 Å². The fourth-order valence-electron chi connectivity index (χ4n) is 1.61. The Labute approximate surface area is 109 Å². The van der Waals surface area contributed by atoms with Crippen LogP contribution in [0.15, 0.2) is 36.5 Å². The van der Waals surface area contributed by atoms with Crippen LogP contribution in [0.5, 0.6) is 0 Å². The zero-order valence-electron chi connectivity index (χ0n) is 10.2. The number of nitrogens with zero attached hydrogens (tertiary/aromatic N) is 1. The van der Waals surface area contributed by atoms with Crippen LogP contribution in [0.4, 0.5) is 10.2 Å².